The first-order valence-electron chi connectivity index (χ1n) is 5.69. The molecule has 0 atom stereocenters. The predicted molar refractivity (Wildman–Crippen MR) is 66.2 cm³/mol. The summed E-state index contributed by atoms with van der Waals surface area (Å²) in [6.45, 7) is 6.12. The van der Waals surface area contributed by atoms with E-state index in [9.17, 15) is 4.79 Å². The summed E-state index contributed by atoms with van der Waals surface area (Å²) in [5, 5.41) is 14.4. The summed E-state index contributed by atoms with van der Waals surface area (Å²) in [5.74, 6) is -0.811. The summed E-state index contributed by atoms with van der Waals surface area (Å²) >= 11 is 0. The molecule has 0 fully saturated rings. The van der Waals surface area contributed by atoms with E-state index < -0.39 is 5.97 Å². The third-order valence-corrected chi connectivity index (χ3v) is 2.88. The van der Waals surface area contributed by atoms with Crippen molar-refractivity contribution in [2.45, 2.75) is 33.2 Å². The Bertz CT molecular complexity index is 570. The van der Waals surface area contributed by atoms with E-state index in [0.717, 1.165) is 22.2 Å². The minimum absolute atomic E-state index is 0.0436. The number of fused-ring (bicyclic) bond motifs is 1. The molecular formula is C13H16N2O2. The Hall–Kier alpha value is -1.84. The maximum atomic E-state index is 10.8. The smallest absolute Gasteiger partial charge is 0.307 e. The summed E-state index contributed by atoms with van der Waals surface area (Å²) in [6.07, 6.45) is 0.0436. The molecule has 0 amide bonds. The molecule has 2 aromatic rings. The number of carboxylic acid groups (broad SMARTS) is 1. The van der Waals surface area contributed by atoms with Crippen LogP contribution in [-0.2, 0) is 11.2 Å². The van der Waals surface area contributed by atoms with Crippen molar-refractivity contribution in [3.8, 4) is 0 Å². The topological polar surface area (TPSA) is 55.1 Å². The van der Waals surface area contributed by atoms with Crippen molar-refractivity contribution in [2.24, 2.45) is 0 Å². The summed E-state index contributed by atoms with van der Waals surface area (Å²) in [5.41, 5.74) is 2.74. The van der Waals surface area contributed by atoms with Crippen LogP contribution in [0.3, 0.4) is 0 Å². The monoisotopic (exact) mass is 232 g/mol. The third-order valence-electron chi connectivity index (χ3n) is 2.88. The zero-order valence-electron chi connectivity index (χ0n) is 10.3. The number of carboxylic acids is 1. The Morgan fingerprint density at radius 3 is 2.76 bits per heavy atom. The molecule has 0 spiro atoms. The number of aryl methyl sites for hydroxylation is 1. The van der Waals surface area contributed by atoms with Crippen molar-refractivity contribution in [2.75, 3.05) is 0 Å². The highest BCUT2D eigenvalue weighted by Gasteiger charge is 2.14. The molecule has 4 heteroatoms. The van der Waals surface area contributed by atoms with Crippen molar-refractivity contribution in [3.63, 3.8) is 0 Å². The standard InChI is InChI=1S/C13H16N2O2/c1-8(2)15-9(3)13-10(7-12(16)17)5-4-6-11(13)14-15/h4-6,8H,7H2,1-3H3,(H,16,17). The van der Waals surface area contributed by atoms with Gasteiger partial charge >= 0.3 is 5.97 Å². The fraction of sp³-hybridized carbons (Fsp3) is 0.385. The number of rotatable bonds is 3. The normalized spacial score (nSPS) is 11.3. The minimum Gasteiger partial charge on any atom is -0.481 e. The molecule has 4 nitrogen and oxygen atoms in total. The van der Waals surface area contributed by atoms with Gasteiger partial charge in [-0.05, 0) is 32.4 Å². The highest BCUT2D eigenvalue weighted by Crippen LogP contribution is 2.24. The lowest BCUT2D eigenvalue weighted by molar-refractivity contribution is -0.136. The number of nitrogens with zero attached hydrogens (tertiary/aromatic N) is 2. The molecule has 0 saturated carbocycles. The molecule has 1 aromatic carbocycles. The maximum Gasteiger partial charge on any atom is 0.307 e. The second-order valence-corrected chi connectivity index (χ2v) is 4.51. The Morgan fingerprint density at radius 1 is 1.47 bits per heavy atom. The molecule has 0 unspecified atom stereocenters. The van der Waals surface area contributed by atoms with Gasteiger partial charge in [0, 0.05) is 17.1 Å². The van der Waals surface area contributed by atoms with E-state index in [0.29, 0.717) is 0 Å². The fourth-order valence-corrected chi connectivity index (χ4v) is 2.21. The molecule has 0 aliphatic rings. The van der Waals surface area contributed by atoms with Crippen molar-refractivity contribution in [1.82, 2.24) is 9.78 Å². The van der Waals surface area contributed by atoms with Gasteiger partial charge < -0.3 is 5.11 Å². The molecule has 1 aromatic heterocycles. The summed E-state index contributed by atoms with van der Waals surface area (Å²) < 4.78 is 1.94. The SMILES string of the molecule is Cc1c2c(CC(=O)O)cccc2nn1C(C)C. The quantitative estimate of drug-likeness (QED) is 0.884. The van der Waals surface area contributed by atoms with Crippen molar-refractivity contribution in [1.29, 1.82) is 0 Å². The van der Waals surface area contributed by atoms with Gasteiger partial charge in [0.05, 0.1) is 11.9 Å². The highest BCUT2D eigenvalue weighted by molar-refractivity contribution is 5.88. The fourth-order valence-electron chi connectivity index (χ4n) is 2.21. The van der Waals surface area contributed by atoms with Crippen LogP contribution in [-0.4, -0.2) is 20.9 Å². The largest absolute Gasteiger partial charge is 0.481 e. The Morgan fingerprint density at radius 2 is 2.18 bits per heavy atom. The van der Waals surface area contributed by atoms with E-state index in [1.807, 2.05) is 29.8 Å². The van der Waals surface area contributed by atoms with Crippen molar-refractivity contribution < 1.29 is 9.90 Å². The van der Waals surface area contributed by atoms with Gasteiger partial charge in [-0.1, -0.05) is 12.1 Å². The average Bonchev–Trinajstić information content (AvgIpc) is 2.56. The van der Waals surface area contributed by atoms with E-state index in [2.05, 4.69) is 18.9 Å². The molecule has 0 radical (unpaired) electrons. The Balaban J connectivity index is 2.66. The van der Waals surface area contributed by atoms with Gasteiger partial charge in [-0.3, -0.25) is 9.48 Å². The highest BCUT2D eigenvalue weighted by atomic mass is 16.4. The number of carbonyl (C=O) groups is 1. The molecule has 1 N–H and O–H groups in total. The summed E-state index contributed by atoms with van der Waals surface area (Å²) in [6, 6.07) is 5.92. The lowest BCUT2D eigenvalue weighted by Crippen LogP contribution is -2.05. The molecule has 17 heavy (non-hydrogen) atoms. The van der Waals surface area contributed by atoms with Gasteiger partial charge in [0.25, 0.3) is 0 Å². The van der Waals surface area contributed by atoms with Gasteiger partial charge in [0.1, 0.15) is 0 Å². The number of aliphatic carboxylic acids is 1. The van der Waals surface area contributed by atoms with Crippen LogP contribution >= 0.6 is 0 Å². The Kier molecular flexibility index (Phi) is 2.88. The van der Waals surface area contributed by atoms with E-state index in [1.54, 1.807) is 0 Å². The Labute approximate surface area is 99.9 Å². The van der Waals surface area contributed by atoms with Crippen LogP contribution in [0.15, 0.2) is 18.2 Å². The van der Waals surface area contributed by atoms with Gasteiger partial charge in [-0.15, -0.1) is 0 Å². The van der Waals surface area contributed by atoms with E-state index in [-0.39, 0.29) is 12.5 Å². The molecule has 1 heterocycles. The zero-order chi connectivity index (χ0) is 12.6. The molecule has 0 aliphatic heterocycles. The average molecular weight is 232 g/mol. The zero-order valence-corrected chi connectivity index (χ0v) is 10.3. The van der Waals surface area contributed by atoms with Crippen LogP contribution in [0.2, 0.25) is 0 Å². The lowest BCUT2D eigenvalue weighted by Gasteiger charge is -2.07. The maximum absolute atomic E-state index is 10.8. The van der Waals surface area contributed by atoms with Crippen LogP contribution in [0.5, 0.6) is 0 Å². The first-order chi connectivity index (χ1) is 8.00. The number of hydrogen-bond acceptors (Lipinski definition) is 2. The van der Waals surface area contributed by atoms with Crippen LogP contribution in [0, 0.1) is 6.92 Å². The second kappa shape index (κ2) is 4.20. The number of aromatic nitrogens is 2. The van der Waals surface area contributed by atoms with Crippen molar-refractivity contribution >= 4 is 16.9 Å². The van der Waals surface area contributed by atoms with Crippen LogP contribution < -0.4 is 0 Å². The van der Waals surface area contributed by atoms with Crippen LogP contribution in [0.25, 0.3) is 10.9 Å². The first kappa shape index (κ1) is 11.6. The number of hydrogen-bond donors (Lipinski definition) is 1. The van der Waals surface area contributed by atoms with Gasteiger partial charge in [-0.2, -0.15) is 5.10 Å². The number of benzene rings is 1. The minimum atomic E-state index is -0.811. The van der Waals surface area contributed by atoms with Gasteiger partial charge in [0.2, 0.25) is 0 Å². The molecule has 0 saturated heterocycles. The molecular weight excluding hydrogens is 216 g/mol. The molecule has 90 valence electrons. The van der Waals surface area contributed by atoms with Gasteiger partial charge in [-0.25, -0.2) is 0 Å². The van der Waals surface area contributed by atoms with Crippen LogP contribution in [0.1, 0.15) is 31.1 Å². The van der Waals surface area contributed by atoms with Crippen LogP contribution in [0.4, 0.5) is 0 Å². The predicted octanol–water partition coefficient (Wildman–Crippen LogP) is 2.55. The molecule has 0 aliphatic carbocycles. The molecule has 0 bridgehead atoms. The van der Waals surface area contributed by atoms with Gasteiger partial charge in [0.15, 0.2) is 0 Å². The second-order valence-electron chi connectivity index (χ2n) is 4.51. The third kappa shape index (κ3) is 2.02. The van der Waals surface area contributed by atoms with E-state index in [1.165, 1.54) is 0 Å². The van der Waals surface area contributed by atoms with Crippen molar-refractivity contribution in [3.05, 3.63) is 29.5 Å². The molecule has 2 rings (SSSR count). The van der Waals surface area contributed by atoms with E-state index >= 15 is 0 Å². The van der Waals surface area contributed by atoms with E-state index in [4.69, 9.17) is 5.11 Å². The summed E-state index contributed by atoms with van der Waals surface area (Å²) in [7, 11) is 0. The lowest BCUT2D eigenvalue weighted by atomic mass is 10.1. The summed E-state index contributed by atoms with van der Waals surface area (Å²) in [4.78, 5) is 10.8. The first-order valence-corrected chi connectivity index (χ1v) is 5.69.